The Balaban J connectivity index is 2.92. The van der Waals surface area contributed by atoms with Crippen molar-refractivity contribution in [1.29, 1.82) is 0 Å². The first kappa shape index (κ1) is 15.2. The predicted octanol–water partition coefficient (Wildman–Crippen LogP) is 1.18. The van der Waals surface area contributed by atoms with E-state index in [0.29, 0.717) is 11.4 Å². The molecular formula is C12H19N3O4. The zero-order chi connectivity index (χ0) is 14.3. The minimum absolute atomic E-state index is 0.0329. The van der Waals surface area contributed by atoms with Crippen molar-refractivity contribution in [1.82, 2.24) is 0 Å². The minimum atomic E-state index is -0.481. The highest BCUT2D eigenvalue weighted by molar-refractivity contribution is 5.68. The van der Waals surface area contributed by atoms with Crippen LogP contribution in [0.1, 0.15) is 13.3 Å². The highest BCUT2D eigenvalue weighted by atomic mass is 16.6. The van der Waals surface area contributed by atoms with Gasteiger partial charge in [0, 0.05) is 24.3 Å². The van der Waals surface area contributed by atoms with Gasteiger partial charge in [-0.25, -0.2) is 0 Å². The molecule has 7 heteroatoms. The van der Waals surface area contributed by atoms with Gasteiger partial charge in [-0.2, -0.15) is 0 Å². The van der Waals surface area contributed by atoms with Crippen molar-refractivity contribution in [3.8, 4) is 0 Å². The van der Waals surface area contributed by atoms with Crippen LogP contribution in [-0.4, -0.2) is 40.9 Å². The molecule has 7 nitrogen and oxygen atoms in total. The fourth-order valence-corrected chi connectivity index (χ4v) is 1.63. The normalized spacial score (nSPS) is 11.9. The Bertz CT molecular complexity index is 421. The summed E-state index contributed by atoms with van der Waals surface area (Å²) in [6, 6.07) is 4.57. The number of benzene rings is 1. The predicted molar refractivity (Wildman–Crippen MR) is 73.5 cm³/mol. The van der Waals surface area contributed by atoms with Crippen LogP contribution in [0.15, 0.2) is 18.2 Å². The van der Waals surface area contributed by atoms with E-state index in [0.717, 1.165) is 6.42 Å². The number of nitro groups is 1. The van der Waals surface area contributed by atoms with Crippen molar-refractivity contribution in [2.75, 3.05) is 30.4 Å². The molecule has 1 atom stereocenters. The summed E-state index contributed by atoms with van der Waals surface area (Å²) < 4.78 is 0. The Hall–Kier alpha value is -1.86. The van der Waals surface area contributed by atoms with Crippen LogP contribution in [0.3, 0.4) is 0 Å². The Morgan fingerprint density at radius 1 is 1.42 bits per heavy atom. The lowest BCUT2D eigenvalue weighted by Crippen LogP contribution is -2.22. The van der Waals surface area contributed by atoms with Gasteiger partial charge in [-0.3, -0.25) is 10.1 Å². The van der Waals surface area contributed by atoms with Gasteiger partial charge in [-0.15, -0.1) is 0 Å². The molecular weight excluding hydrogens is 250 g/mol. The molecule has 0 aliphatic carbocycles. The number of hydrogen-bond acceptors (Lipinski definition) is 6. The van der Waals surface area contributed by atoms with Crippen LogP contribution in [0.25, 0.3) is 0 Å². The van der Waals surface area contributed by atoms with E-state index >= 15 is 0 Å². The first-order valence-electron chi connectivity index (χ1n) is 6.13. The van der Waals surface area contributed by atoms with Crippen molar-refractivity contribution >= 4 is 17.1 Å². The van der Waals surface area contributed by atoms with Crippen LogP contribution in [0.4, 0.5) is 17.1 Å². The monoisotopic (exact) mass is 269 g/mol. The Kier molecular flexibility index (Phi) is 6.04. The lowest BCUT2D eigenvalue weighted by Gasteiger charge is -2.16. The largest absolute Gasteiger partial charge is 0.395 e. The van der Waals surface area contributed by atoms with Crippen molar-refractivity contribution in [3.63, 3.8) is 0 Å². The lowest BCUT2D eigenvalue weighted by molar-refractivity contribution is -0.383. The molecule has 0 aliphatic heterocycles. The Morgan fingerprint density at radius 2 is 2.16 bits per heavy atom. The summed E-state index contributed by atoms with van der Waals surface area (Å²) in [6.45, 7) is 2.04. The van der Waals surface area contributed by atoms with Crippen LogP contribution in [0.2, 0.25) is 0 Å². The Labute approximate surface area is 111 Å². The first-order chi connectivity index (χ1) is 9.12. The number of nitro benzene ring substituents is 1. The summed E-state index contributed by atoms with van der Waals surface area (Å²) in [7, 11) is 0. The van der Waals surface area contributed by atoms with Crippen molar-refractivity contribution < 1.29 is 15.1 Å². The van der Waals surface area contributed by atoms with E-state index in [-0.39, 0.29) is 31.5 Å². The molecule has 0 saturated heterocycles. The van der Waals surface area contributed by atoms with E-state index in [1.54, 1.807) is 12.1 Å². The molecule has 0 spiro atoms. The smallest absolute Gasteiger partial charge is 0.294 e. The van der Waals surface area contributed by atoms with Crippen molar-refractivity contribution in [2.45, 2.75) is 19.4 Å². The number of aliphatic hydroxyl groups excluding tert-OH is 2. The summed E-state index contributed by atoms with van der Waals surface area (Å²) in [4.78, 5) is 10.5. The average Bonchev–Trinajstić information content (AvgIpc) is 2.42. The molecule has 0 amide bonds. The van der Waals surface area contributed by atoms with Gasteiger partial charge in [-0.1, -0.05) is 6.92 Å². The second-order valence-electron chi connectivity index (χ2n) is 4.07. The van der Waals surface area contributed by atoms with Gasteiger partial charge in [0.2, 0.25) is 0 Å². The fourth-order valence-electron chi connectivity index (χ4n) is 1.63. The third-order valence-electron chi connectivity index (χ3n) is 2.71. The molecule has 106 valence electrons. The average molecular weight is 269 g/mol. The van der Waals surface area contributed by atoms with Gasteiger partial charge in [0.15, 0.2) is 0 Å². The topological polar surface area (TPSA) is 108 Å². The van der Waals surface area contributed by atoms with Gasteiger partial charge in [0.25, 0.3) is 5.69 Å². The number of nitrogens with zero attached hydrogens (tertiary/aromatic N) is 1. The van der Waals surface area contributed by atoms with E-state index in [1.807, 2.05) is 6.92 Å². The standard InChI is InChI=1S/C12H19N3O4/c1-2-9(8-17)14-10-3-4-11(13-5-6-16)12(7-10)15(18)19/h3-4,7,9,13-14,16-17H,2,5-6,8H2,1H3. The van der Waals surface area contributed by atoms with E-state index in [2.05, 4.69) is 10.6 Å². The summed E-state index contributed by atoms with van der Waals surface area (Å²) in [5.74, 6) is 0. The second kappa shape index (κ2) is 7.55. The van der Waals surface area contributed by atoms with Gasteiger partial charge < -0.3 is 20.8 Å². The van der Waals surface area contributed by atoms with Crippen LogP contribution in [0, 0.1) is 10.1 Å². The Morgan fingerprint density at radius 3 is 2.68 bits per heavy atom. The van der Waals surface area contributed by atoms with E-state index in [4.69, 9.17) is 10.2 Å². The molecule has 1 rings (SSSR count). The SMILES string of the molecule is CCC(CO)Nc1ccc(NCCO)c([N+](=O)[O-])c1. The van der Waals surface area contributed by atoms with Gasteiger partial charge in [0.05, 0.1) is 18.1 Å². The summed E-state index contributed by atoms with van der Waals surface area (Å²) >= 11 is 0. The summed E-state index contributed by atoms with van der Waals surface area (Å²) in [6.07, 6.45) is 0.717. The molecule has 1 aromatic rings. The van der Waals surface area contributed by atoms with Gasteiger partial charge in [-0.05, 0) is 18.6 Å². The first-order valence-corrected chi connectivity index (χ1v) is 6.13. The minimum Gasteiger partial charge on any atom is -0.395 e. The van der Waals surface area contributed by atoms with Gasteiger partial charge in [0.1, 0.15) is 5.69 Å². The third-order valence-corrected chi connectivity index (χ3v) is 2.71. The van der Waals surface area contributed by atoms with E-state index in [1.165, 1.54) is 6.07 Å². The highest BCUT2D eigenvalue weighted by Crippen LogP contribution is 2.28. The highest BCUT2D eigenvalue weighted by Gasteiger charge is 2.15. The maximum absolute atomic E-state index is 11.0. The zero-order valence-electron chi connectivity index (χ0n) is 10.8. The lowest BCUT2D eigenvalue weighted by atomic mass is 10.2. The third kappa shape index (κ3) is 4.38. The van der Waals surface area contributed by atoms with Gasteiger partial charge >= 0.3 is 0 Å². The number of nitrogens with one attached hydrogen (secondary N) is 2. The summed E-state index contributed by atoms with van der Waals surface area (Å²) in [5, 5.41) is 34.6. The fraction of sp³-hybridized carbons (Fsp3) is 0.500. The summed E-state index contributed by atoms with van der Waals surface area (Å²) in [5.41, 5.74) is 0.884. The van der Waals surface area contributed by atoms with Crippen molar-refractivity contribution in [3.05, 3.63) is 28.3 Å². The number of rotatable bonds is 8. The number of hydrogen-bond donors (Lipinski definition) is 4. The molecule has 1 unspecified atom stereocenters. The zero-order valence-corrected chi connectivity index (χ0v) is 10.8. The number of anilines is 2. The quantitative estimate of drug-likeness (QED) is 0.417. The molecule has 0 heterocycles. The molecule has 0 bridgehead atoms. The number of aliphatic hydroxyl groups is 2. The maximum Gasteiger partial charge on any atom is 0.294 e. The molecule has 0 aliphatic rings. The molecule has 19 heavy (non-hydrogen) atoms. The van der Waals surface area contributed by atoms with Crippen LogP contribution < -0.4 is 10.6 Å². The molecule has 0 saturated carbocycles. The van der Waals surface area contributed by atoms with E-state index in [9.17, 15) is 10.1 Å². The second-order valence-corrected chi connectivity index (χ2v) is 4.07. The van der Waals surface area contributed by atoms with E-state index < -0.39 is 4.92 Å². The van der Waals surface area contributed by atoms with Crippen LogP contribution in [0.5, 0.6) is 0 Å². The maximum atomic E-state index is 11.0. The molecule has 0 radical (unpaired) electrons. The molecule has 4 N–H and O–H groups in total. The van der Waals surface area contributed by atoms with Crippen LogP contribution in [-0.2, 0) is 0 Å². The molecule has 0 aromatic heterocycles. The van der Waals surface area contributed by atoms with Crippen molar-refractivity contribution in [2.24, 2.45) is 0 Å². The molecule has 0 fully saturated rings. The van der Waals surface area contributed by atoms with Crippen LogP contribution >= 0.6 is 0 Å². The molecule has 1 aromatic carbocycles.